The Morgan fingerprint density at radius 2 is 1.42 bits per heavy atom. The topological polar surface area (TPSA) is 20.2 Å². The molecule has 0 saturated heterocycles. The SMILES string of the molecule is Cc1ccc(O)cc1.[I][Ti]([I])[I]. The minimum atomic E-state index is -0.423. The van der Waals surface area contributed by atoms with Crippen molar-refractivity contribution in [3.05, 3.63) is 29.8 Å². The summed E-state index contributed by atoms with van der Waals surface area (Å²) < 4.78 is 0. The molecule has 1 aromatic carbocycles. The average molecular weight is 537 g/mol. The zero-order valence-electron chi connectivity index (χ0n) is 6.39. The van der Waals surface area contributed by atoms with E-state index in [0.29, 0.717) is 5.75 Å². The van der Waals surface area contributed by atoms with Crippen LogP contribution in [0.2, 0.25) is 0 Å². The van der Waals surface area contributed by atoms with Gasteiger partial charge in [0, 0.05) is 0 Å². The Labute approximate surface area is 110 Å². The van der Waals surface area contributed by atoms with Gasteiger partial charge in [-0.15, -0.1) is 0 Å². The molecule has 1 N–H and O–H groups in total. The summed E-state index contributed by atoms with van der Waals surface area (Å²) in [5, 5.41) is 8.76. The summed E-state index contributed by atoms with van der Waals surface area (Å²) in [6, 6.07) is 7.09. The van der Waals surface area contributed by atoms with Crippen LogP contribution in [0.5, 0.6) is 5.75 Å². The summed E-state index contributed by atoms with van der Waals surface area (Å²) in [6.07, 6.45) is 0. The molecule has 67 valence electrons. The predicted molar refractivity (Wildman–Crippen MR) is 74.9 cm³/mol. The van der Waals surface area contributed by atoms with Gasteiger partial charge in [0.25, 0.3) is 0 Å². The molecule has 0 heterocycles. The summed E-state index contributed by atoms with van der Waals surface area (Å²) >= 11 is 7.45. The summed E-state index contributed by atoms with van der Waals surface area (Å²) in [5.41, 5.74) is 1.17. The molecule has 0 aromatic heterocycles. The first kappa shape index (κ1) is 13.9. The summed E-state index contributed by atoms with van der Waals surface area (Å²) in [5.74, 6) is 0.329. The van der Waals surface area contributed by atoms with Crippen LogP contribution in [0, 0.1) is 6.92 Å². The first-order valence-corrected chi connectivity index (χ1v) is 18.2. The van der Waals surface area contributed by atoms with Crippen molar-refractivity contribution in [2.45, 2.75) is 6.92 Å². The van der Waals surface area contributed by atoms with E-state index in [1.807, 2.05) is 19.1 Å². The van der Waals surface area contributed by atoms with Crippen molar-refractivity contribution in [2.24, 2.45) is 0 Å². The second-order valence-corrected chi connectivity index (χ2v) is 41.6. The third-order valence-electron chi connectivity index (χ3n) is 1.03. The van der Waals surface area contributed by atoms with Crippen LogP contribution in [-0.4, -0.2) is 5.11 Å². The van der Waals surface area contributed by atoms with Crippen molar-refractivity contribution in [2.75, 3.05) is 0 Å². The molecule has 0 radical (unpaired) electrons. The van der Waals surface area contributed by atoms with Crippen molar-refractivity contribution < 1.29 is 11.7 Å². The van der Waals surface area contributed by atoms with Crippen LogP contribution >= 0.6 is 57.6 Å². The van der Waals surface area contributed by atoms with E-state index in [1.165, 1.54) is 5.56 Å². The van der Waals surface area contributed by atoms with Gasteiger partial charge >= 0.3 is 64.2 Å². The maximum absolute atomic E-state index is 8.76. The molecule has 0 atom stereocenters. The van der Waals surface area contributed by atoms with Gasteiger partial charge in [0.2, 0.25) is 0 Å². The number of rotatable bonds is 0. The van der Waals surface area contributed by atoms with E-state index >= 15 is 0 Å². The fourth-order valence-electron chi connectivity index (χ4n) is 0.545. The normalized spacial score (nSPS) is 8.33. The molecule has 0 saturated carbocycles. The third kappa shape index (κ3) is 10.0. The number of aromatic hydroxyl groups is 1. The van der Waals surface area contributed by atoms with Crippen molar-refractivity contribution in [3.63, 3.8) is 0 Å². The van der Waals surface area contributed by atoms with Crippen LogP contribution in [0.15, 0.2) is 24.3 Å². The average Bonchev–Trinajstić information content (AvgIpc) is 1.94. The molecule has 1 nitrogen and oxygen atoms in total. The van der Waals surface area contributed by atoms with E-state index in [0.717, 1.165) is 0 Å². The summed E-state index contributed by atoms with van der Waals surface area (Å²) in [6.45, 7) is 1.56. The maximum atomic E-state index is 8.76. The molecule has 0 aliphatic rings. The monoisotopic (exact) mass is 537 g/mol. The second-order valence-electron chi connectivity index (χ2n) is 2.05. The standard InChI is InChI=1S/C7H8O.3HI.Ti/c1-6-2-4-7(8)5-3-6;;;;/h2-5,8H,1H3;3*1H;/q;;;;+3/p-3. The Morgan fingerprint density at radius 1 is 1.08 bits per heavy atom. The Bertz CT molecular complexity index is 189. The van der Waals surface area contributed by atoms with Gasteiger partial charge in [-0.2, -0.15) is 0 Å². The van der Waals surface area contributed by atoms with Crippen LogP contribution in [0.4, 0.5) is 0 Å². The molecule has 0 unspecified atom stereocenters. The van der Waals surface area contributed by atoms with Crippen LogP contribution in [-0.2, 0) is 6.63 Å². The van der Waals surface area contributed by atoms with Gasteiger partial charge in [-0.1, -0.05) is 17.7 Å². The van der Waals surface area contributed by atoms with E-state index in [4.69, 9.17) is 5.11 Å². The fraction of sp³-hybridized carbons (Fsp3) is 0.143. The van der Waals surface area contributed by atoms with E-state index in [2.05, 4.69) is 57.6 Å². The van der Waals surface area contributed by atoms with Crippen LogP contribution in [0.3, 0.4) is 0 Å². The van der Waals surface area contributed by atoms with Gasteiger partial charge in [-0.25, -0.2) is 0 Å². The molecule has 1 rings (SSSR count). The Balaban J connectivity index is 0.000000261. The Kier molecular flexibility index (Phi) is 9.57. The van der Waals surface area contributed by atoms with E-state index < -0.39 is 6.63 Å². The fourth-order valence-corrected chi connectivity index (χ4v) is 0.545. The zero-order chi connectivity index (χ0) is 9.56. The molecular formula is C7H8I3OTi. The molecule has 1 aromatic rings. The van der Waals surface area contributed by atoms with E-state index in [1.54, 1.807) is 12.1 Å². The zero-order valence-corrected chi connectivity index (χ0v) is 14.4. The van der Waals surface area contributed by atoms with Crippen molar-refractivity contribution in [1.29, 1.82) is 0 Å². The molecule has 12 heavy (non-hydrogen) atoms. The Morgan fingerprint density at radius 3 is 1.67 bits per heavy atom. The summed E-state index contributed by atoms with van der Waals surface area (Å²) in [7, 11) is 0. The van der Waals surface area contributed by atoms with Crippen molar-refractivity contribution >= 4 is 57.6 Å². The molecule has 0 amide bonds. The molecule has 0 fully saturated rings. The number of phenolic OH excluding ortho intramolecular Hbond substituents is 1. The molecule has 0 spiro atoms. The molecular weight excluding hydrogens is 529 g/mol. The number of phenols is 1. The van der Waals surface area contributed by atoms with Crippen molar-refractivity contribution in [1.82, 2.24) is 0 Å². The predicted octanol–water partition coefficient (Wildman–Crippen LogP) is 4.36. The first-order chi connectivity index (χ1) is 5.52. The van der Waals surface area contributed by atoms with Gasteiger partial charge in [0.1, 0.15) is 5.75 Å². The van der Waals surface area contributed by atoms with E-state index in [9.17, 15) is 0 Å². The third-order valence-corrected chi connectivity index (χ3v) is 1.03. The quantitative estimate of drug-likeness (QED) is 0.386. The number of halogens is 3. The summed E-state index contributed by atoms with van der Waals surface area (Å²) in [4.78, 5) is 0. The Hall–Kier alpha value is 1.92. The minimum absolute atomic E-state index is 0.329. The van der Waals surface area contributed by atoms with Crippen LogP contribution < -0.4 is 0 Å². The van der Waals surface area contributed by atoms with Crippen LogP contribution in [0.1, 0.15) is 5.56 Å². The van der Waals surface area contributed by atoms with Gasteiger partial charge in [-0.3, -0.25) is 0 Å². The van der Waals surface area contributed by atoms with Crippen LogP contribution in [0.25, 0.3) is 0 Å². The van der Waals surface area contributed by atoms with Gasteiger partial charge in [0.05, 0.1) is 0 Å². The molecule has 5 heteroatoms. The first-order valence-electron chi connectivity index (χ1n) is 3.11. The molecule has 0 aliphatic heterocycles. The van der Waals surface area contributed by atoms with Gasteiger partial charge in [-0.05, 0) is 19.1 Å². The van der Waals surface area contributed by atoms with E-state index in [-0.39, 0.29) is 0 Å². The second kappa shape index (κ2) is 8.25. The molecule has 0 aliphatic carbocycles. The number of benzene rings is 1. The number of hydrogen-bond donors (Lipinski definition) is 1. The molecule has 0 bridgehead atoms. The number of aryl methyl sites for hydroxylation is 1. The van der Waals surface area contributed by atoms with Crippen molar-refractivity contribution in [3.8, 4) is 5.75 Å². The van der Waals surface area contributed by atoms with Gasteiger partial charge < -0.3 is 5.11 Å². The van der Waals surface area contributed by atoms with Gasteiger partial charge in [0.15, 0.2) is 0 Å². The number of hydrogen-bond acceptors (Lipinski definition) is 1.